The highest BCUT2D eigenvalue weighted by atomic mass is 16.7. The molecule has 0 aliphatic heterocycles. The van der Waals surface area contributed by atoms with Gasteiger partial charge in [0, 0.05) is 12.8 Å². The van der Waals surface area contributed by atoms with Crippen molar-refractivity contribution in [1.29, 1.82) is 0 Å². The van der Waals surface area contributed by atoms with E-state index in [-0.39, 0.29) is 26.4 Å². The first-order valence-corrected chi connectivity index (χ1v) is 10.9. The zero-order chi connectivity index (χ0) is 25.4. The second-order valence-electron chi connectivity index (χ2n) is 8.74. The lowest BCUT2D eigenvalue weighted by molar-refractivity contribution is -0.153. The van der Waals surface area contributed by atoms with Crippen LogP contribution < -0.4 is 9.47 Å². The minimum Gasteiger partial charge on any atom is -0.463 e. The SMILES string of the molecule is C=C(C)OCOc1ccc(CC(C)(O)C(=O)C(C)(O)Cc2ccc(OCOC(=C)C)cc2)cc1. The second kappa shape index (κ2) is 11.7. The lowest BCUT2D eigenvalue weighted by atomic mass is 9.80. The summed E-state index contributed by atoms with van der Waals surface area (Å²) >= 11 is 0. The van der Waals surface area contributed by atoms with Crippen LogP contribution in [-0.4, -0.2) is 40.8 Å². The van der Waals surface area contributed by atoms with Crippen LogP contribution in [0, 0.1) is 0 Å². The van der Waals surface area contributed by atoms with Crippen LogP contribution in [0.3, 0.4) is 0 Å². The van der Waals surface area contributed by atoms with Gasteiger partial charge in [-0.2, -0.15) is 0 Å². The Morgan fingerprint density at radius 3 is 1.35 bits per heavy atom. The maximum atomic E-state index is 13.0. The molecule has 0 heterocycles. The third-order valence-electron chi connectivity index (χ3n) is 4.98. The fourth-order valence-electron chi connectivity index (χ4n) is 3.34. The monoisotopic (exact) mass is 470 g/mol. The predicted molar refractivity (Wildman–Crippen MR) is 129 cm³/mol. The number of carbonyl (C=O) groups excluding carboxylic acids is 1. The van der Waals surface area contributed by atoms with Gasteiger partial charge in [0.1, 0.15) is 22.7 Å². The van der Waals surface area contributed by atoms with Gasteiger partial charge in [-0.1, -0.05) is 37.4 Å². The van der Waals surface area contributed by atoms with Crippen molar-refractivity contribution < 1.29 is 34.0 Å². The number of hydrogen-bond donors (Lipinski definition) is 2. The largest absolute Gasteiger partial charge is 0.463 e. The molecular formula is C27H34O7. The van der Waals surface area contributed by atoms with Crippen LogP contribution in [0.15, 0.2) is 73.2 Å². The summed E-state index contributed by atoms with van der Waals surface area (Å²) in [6.45, 7) is 13.6. The second-order valence-corrected chi connectivity index (χ2v) is 8.74. The van der Waals surface area contributed by atoms with Crippen molar-refractivity contribution in [3.05, 3.63) is 84.3 Å². The van der Waals surface area contributed by atoms with Gasteiger partial charge in [0.2, 0.25) is 13.6 Å². The molecule has 2 atom stereocenters. The number of Topliss-reactive ketones (excluding diaryl/α,β-unsaturated/α-hetero) is 1. The molecule has 2 aromatic rings. The molecule has 2 unspecified atom stereocenters. The van der Waals surface area contributed by atoms with Crippen molar-refractivity contribution in [2.45, 2.75) is 51.7 Å². The number of hydrogen-bond acceptors (Lipinski definition) is 7. The Morgan fingerprint density at radius 2 is 1.06 bits per heavy atom. The van der Waals surface area contributed by atoms with E-state index >= 15 is 0 Å². The zero-order valence-electron chi connectivity index (χ0n) is 20.3. The molecule has 2 N–H and O–H groups in total. The summed E-state index contributed by atoms with van der Waals surface area (Å²) in [6.07, 6.45) is 0.0834. The van der Waals surface area contributed by atoms with Crippen molar-refractivity contribution >= 4 is 5.78 Å². The first-order valence-electron chi connectivity index (χ1n) is 10.9. The zero-order valence-corrected chi connectivity index (χ0v) is 20.3. The Hall–Kier alpha value is -3.29. The van der Waals surface area contributed by atoms with E-state index in [1.165, 1.54) is 13.8 Å². The van der Waals surface area contributed by atoms with Crippen LogP contribution >= 0.6 is 0 Å². The molecule has 0 radical (unpaired) electrons. The molecule has 184 valence electrons. The highest BCUT2D eigenvalue weighted by molar-refractivity contribution is 5.94. The standard InChI is InChI=1S/C27H34O7/c1-19(2)31-17-33-23-11-7-21(8-12-23)15-26(5,29)25(28)27(6,30)16-22-9-13-24(14-10-22)34-18-32-20(3)4/h7-14,29-30H,1,3,15-18H2,2,4-6H3. The number of aliphatic hydroxyl groups is 2. The van der Waals surface area contributed by atoms with Gasteiger partial charge in [-0.3, -0.25) is 4.79 Å². The van der Waals surface area contributed by atoms with Gasteiger partial charge >= 0.3 is 0 Å². The van der Waals surface area contributed by atoms with Crippen molar-refractivity contribution in [3.63, 3.8) is 0 Å². The average molecular weight is 471 g/mol. The molecule has 0 saturated heterocycles. The molecule has 0 fully saturated rings. The summed E-state index contributed by atoms with van der Waals surface area (Å²) in [7, 11) is 0. The van der Waals surface area contributed by atoms with Gasteiger partial charge in [0.15, 0.2) is 5.78 Å². The van der Waals surface area contributed by atoms with E-state index in [0.717, 1.165) is 11.1 Å². The van der Waals surface area contributed by atoms with Crippen LogP contribution in [0.1, 0.15) is 38.8 Å². The van der Waals surface area contributed by atoms with Crippen LogP contribution in [0.25, 0.3) is 0 Å². The van der Waals surface area contributed by atoms with Crippen LogP contribution in [0.5, 0.6) is 11.5 Å². The number of carbonyl (C=O) groups is 1. The van der Waals surface area contributed by atoms with Crippen molar-refractivity contribution in [1.82, 2.24) is 0 Å². The van der Waals surface area contributed by atoms with Crippen LogP contribution in [-0.2, 0) is 27.1 Å². The fourth-order valence-corrected chi connectivity index (χ4v) is 3.34. The Bertz CT molecular complexity index is 894. The van der Waals surface area contributed by atoms with E-state index in [0.29, 0.717) is 23.0 Å². The summed E-state index contributed by atoms with van der Waals surface area (Å²) < 4.78 is 21.2. The summed E-state index contributed by atoms with van der Waals surface area (Å²) in [6, 6.07) is 13.9. The van der Waals surface area contributed by atoms with E-state index in [2.05, 4.69) is 13.2 Å². The summed E-state index contributed by atoms with van der Waals surface area (Å²) in [4.78, 5) is 13.0. The smallest absolute Gasteiger partial charge is 0.230 e. The van der Waals surface area contributed by atoms with E-state index in [1.807, 2.05) is 0 Å². The van der Waals surface area contributed by atoms with E-state index in [9.17, 15) is 15.0 Å². The molecule has 0 saturated carbocycles. The van der Waals surface area contributed by atoms with E-state index in [1.54, 1.807) is 62.4 Å². The van der Waals surface area contributed by atoms with Crippen LogP contribution in [0.2, 0.25) is 0 Å². The topological polar surface area (TPSA) is 94.5 Å². The lowest BCUT2D eigenvalue weighted by Crippen LogP contribution is -2.52. The normalized spacial score (nSPS) is 14.3. The first-order chi connectivity index (χ1) is 15.9. The quantitative estimate of drug-likeness (QED) is 0.314. The highest BCUT2D eigenvalue weighted by Gasteiger charge is 2.42. The Balaban J connectivity index is 1.96. The number of ether oxygens (including phenoxy) is 4. The van der Waals surface area contributed by atoms with Gasteiger partial charge in [0.05, 0.1) is 11.5 Å². The van der Waals surface area contributed by atoms with Gasteiger partial charge in [-0.15, -0.1) is 0 Å². The molecular weight excluding hydrogens is 436 g/mol. The van der Waals surface area contributed by atoms with Crippen molar-refractivity contribution in [2.24, 2.45) is 0 Å². The Labute approximate surface area is 201 Å². The minimum absolute atomic E-state index is 0.0417. The highest BCUT2D eigenvalue weighted by Crippen LogP contribution is 2.26. The maximum Gasteiger partial charge on any atom is 0.230 e. The molecule has 34 heavy (non-hydrogen) atoms. The maximum absolute atomic E-state index is 13.0. The molecule has 7 heteroatoms. The number of benzene rings is 2. The van der Waals surface area contributed by atoms with Gasteiger partial charge in [-0.25, -0.2) is 0 Å². The molecule has 0 amide bonds. The average Bonchev–Trinajstić information content (AvgIpc) is 2.75. The number of allylic oxidation sites excluding steroid dienone is 2. The number of rotatable bonds is 14. The first kappa shape index (κ1) is 27.0. The summed E-state index contributed by atoms with van der Waals surface area (Å²) in [5.74, 6) is 1.61. The van der Waals surface area contributed by atoms with Gasteiger partial charge in [0.25, 0.3) is 0 Å². The van der Waals surface area contributed by atoms with Crippen molar-refractivity contribution in [2.75, 3.05) is 13.6 Å². The molecule has 0 aliphatic rings. The minimum atomic E-state index is -1.77. The Morgan fingerprint density at radius 1 is 0.735 bits per heavy atom. The molecule has 2 rings (SSSR count). The summed E-state index contributed by atoms with van der Waals surface area (Å²) in [5.41, 5.74) is -2.09. The molecule has 2 aromatic carbocycles. The van der Waals surface area contributed by atoms with Crippen molar-refractivity contribution in [3.8, 4) is 11.5 Å². The number of ketones is 1. The summed E-state index contributed by atoms with van der Waals surface area (Å²) in [5, 5.41) is 21.8. The molecule has 0 bridgehead atoms. The fraction of sp³-hybridized carbons (Fsp3) is 0.370. The van der Waals surface area contributed by atoms with E-state index in [4.69, 9.17) is 18.9 Å². The lowest BCUT2D eigenvalue weighted by Gasteiger charge is -2.31. The molecule has 7 nitrogen and oxygen atoms in total. The third-order valence-corrected chi connectivity index (χ3v) is 4.98. The predicted octanol–water partition coefficient (Wildman–Crippen LogP) is 4.32. The molecule has 0 spiro atoms. The van der Waals surface area contributed by atoms with E-state index < -0.39 is 17.0 Å². The molecule has 0 aliphatic carbocycles. The van der Waals surface area contributed by atoms with Gasteiger partial charge in [-0.05, 0) is 63.1 Å². The molecule has 0 aromatic heterocycles. The van der Waals surface area contributed by atoms with Gasteiger partial charge < -0.3 is 29.2 Å². The van der Waals surface area contributed by atoms with Crippen LogP contribution in [0.4, 0.5) is 0 Å². The Kier molecular flexibility index (Phi) is 9.29. The third kappa shape index (κ3) is 8.57.